The molecule has 0 saturated carbocycles. The molecule has 0 unspecified atom stereocenters. The summed E-state index contributed by atoms with van der Waals surface area (Å²) < 4.78 is 11.8. The van der Waals surface area contributed by atoms with Crippen molar-refractivity contribution in [3.05, 3.63) is 58.6 Å². The molecule has 2 aromatic rings. The van der Waals surface area contributed by atoms with Crippen LogP contribution < -0.4 is 14.8 Å². The zero-order valence-corrected chi connectivity index (χ0v) is 17.6. The molecule has 2 bridgehead atoms. The molecule has 3 heterocycles. The van der Waals surface area contributed by atoms with Crippen LogP contribution in [0.15, 0.2) is 42.5 Å². The standard InChI is InChI=1S/C23H23ClN2O4/c1-26-10-9-23-16(12-26)19(15-11-13(24)7-8-18(15)30-23)20(22(28)25-23)21(27)14-5-3-4-6-17(14)29-2/h3-8,11,16,19-20H,9-10,12H2,1-2H3,(H,25,28)/t16-,19+,20+,23+/m0/s1. The van der Waals surface area contributed by atoms with Crippen molar-refractivity contribution in [3.8, 4) is 11.5 Å². The lowest BCUT2D eigenvalue weighted by molar-refractivity contribution is -0.157. The Morgan fingerprint density at radius 2 is 2.10 bits per heavy atom. The molecule has 0 radical (unpaired) electrons. The van der Waals surface area contributed by atoms with Gasteiger partial charge in [-0.1, -0.05) is 23.7 Å². The zero-order chi connectivity index (χ0) is 21.0. The predicted molar refractivity (Wildman–Crippen MR) is 112 cm³/mol. The number of methoxy groups -OCH3 is 1. The first-order valence-corrected chi connectivity index (χ1v) is 10.5. The molecule has 0 aromatic heterocycles. The zero-order valence-electron chi connectivity index (χ0n) is 16.9. The van der Waals surface area contributed by atoms with Crippen molar-refractivity contribution in [2.75, 3.05) is 27.2 Å². The number of ketones is 1. The number of benzene rings is 2. The van der Waals surface area contributed by atoms with Crippen LogP contribution in [0, 0.1) is 11.8 Å². The maximum atomic E-state index is 13.7. The van der Waals surface area contributed by atoms with Gasteiger partial charge >= 0.3 is 0 Å². The van der Waals surface area contributed by atoms with E-state index >= 15 is 0 Å². The Labute approximate surface area is 180 Å². The van der Waals surface area contributed by atoms with Crippen LogP contribution in [0.1, 0.15) is 28.3 Å². The summed E-state index contributed by atoms with van der Waals surface area (Å²) >= 11 is 6.31. The lowest BCUT2D eigenvalue weighted by Gasteiger charge is -2.57. The van der Waals surface area contributed by atoms with Gasteiger partial charge in [0.1, 0.15) is 17.4 Å². The molecule has 1 N–H and O–H groups in total. The van der Waals surface area contributed by atoms with Gasteiger partial charge in [-0.15, -0.1) is 0 Å². The van der Waals surface area contributed by atoms with Crippen LogP contribution in [-0.2, 0) is 4.79 Å². The number of ether oxygens (including phenoxy) is 2. The smallest absolute Gasteiger partial charge is 0.234 e. The van der Waals surface area contributed by atoms with Gasteiger partial charge in [0.2, 0.25) is 5.91 Å². The summed E-state index contributed by atoms with van der Waals surface area (Å²) in [6.45, 7) is 1.52. The average Bonchev–Trinajstić information content (AvgIpc) is 2.74. The molecule has 0 aliphatic carbocycles. The summed E-state index contributed by atoms with van der Waals surface area (Å²) in [5.41, 5.74) is 0.431. The highest BCUT2D eigenvalue weighted by Crippen LogP contribution is 2.54. The summed E-state index contributed by atoms with van der Waals surface area (Å²) in [5, 5.41) is 3.65. The second-order valence-corrected chi connectivity index (χ2v) is 8.79. The third-order valence-corrected chi connectivity index (χ3v) is 6.90. The summed E-state index contributed by atoms with van der Waals surface area (Å²) in [5.74, 6) is -0.682. The maximum absolute atomic E-state index is 13.7. The van der Waals surface area contributed by atoms with Crippen LogP contribution in [-0.4, -0.2) is 49.6 Å². The van der Waals surface area contributed by atoms with E-state index in [0.717, 1.165) is 12.1 Å². The molecule has 7 heteroatoms. The van der Waals surface area contributed by atoms with Crippen molar-refractivity contribution in [2.24, 2.45) is 11.8 Å². The summed E-state index contributed by atoms with van der Waals surface area (Å²) in [4.78, 5) is 29.3. The Bertz CT molecular complexity index is 1040. The number of nitrogens with one attached hydrogen (secondary N) is 1. The van der Waals surface area contributed by atoms with Crippen LogP contribution in [0.25, 0.3) is 0 Å². The minimum atomic E-state index is -0.882. The predicted octanol–water partition coefficient (Wildman–Crippen LogP) is 3.10. The van der Waals surface area contributed by atoms with Crippen molar-refractivity contribution in [1.82, 2.24) is 10.2 Å². The minimum Gasteiger partial charge on any atom is -0.496 e. The molecule has 4 atom stereocenters. The quantitative estimate of drug-likeness (QED) is 0.603. The number of Topliss-reactive ketones (excluding diaryl/α,β-unsaturated/α-hetero) is 1. The number of nitrogens with zero attached hydrogens (tertiary/aromatic N) is 1. The summed E-state index contributed by atoms with van der Waals surface area (Å²) in [6.07, 6.45) is 0.661. The topological polar surface area (TPSA) is 67.9 Å². The number of amides is 1. The van der Waals surface area contributed by atoms with E-state index in [2.05, 4.69) is 17.3 Å². The lowest BCUT2D eigenvalue weighted by Crippen LogP contribution is -2.72. The van der Waals surface area contributed by atoms with E-state index in [9.17, 15) is 9.59 Å². The first kappa shape index (κ1) is 19.4. The summed E-state index contributed by atoms with van der Waals surface area (Å²) in [6, 6.07) is 12.5. The van der Waals surface area contributed by atoms with Crippen LogP contribution in [0.3, 0.4) is 0 Å². The molecule has 0 spiro atoms. The lowest BCUT2D eigenvalue weighted by atomic mass is 9.63. The van der Waals surface area contributed by atoms with Gasteiger partial charge in [-0.2, -0.15) is 0 Å². The molecular formula is C23H23ClN2O4. The number of fused-ring (bicyclic) bond motifs is 2. The molecule has 6 nitrogen and oxygen atoms in total. The van der Waals surface area contributed by atoms with E-state index in [1.54, 1.807) is 30.3 Å². The number of para-hydroxylation sites is 1. The molecule has 1 amide bonds. The van der Waals surface area contributed by atoms with Gasteiger partial charge < -0.3 is 19.7 Å². The van der Waals surface area contributed by atoms with E-state index in [0.29, 0.717) is 35.1 Å². The molecule has 5 rings (SSSR count). The molecule has 2 fully saturated rings. The largest absolute Gasteiger partial charge is 0.496 e. The number of likely N-dealkylation sites (tertiary alicyclic amines) is 1. The van der Waals surface area contributed by atoms with Gasteiger partial charge in [-0.3, -0.25) is 9.59 Å². The first-order chi connectivity index (χ1) is 14.4. The number of rotatable bonds is 3. The van der Waals surface area contributed by atoms with Crippen LogP contribution in [0.2, 0.25) is 5.02 Å². The van der Waals surface area contributed by atoms with Crippen molar-refractivity contribution >= 4 is 23.3 Å². The van der Waals surface area contributed by atoms with Gasteiger partial charge in [-0.05, 0) is 37.4 Å². The molecule has 3 aliphatic rings. The van der Waals surface area contributed by atoms with Crippen molar-refractivity contribution in [1.29, 1.82) is 0 Å². The average molecular weight is 427 g/mol. The molecule has 30 heavy (non-hydrogen) atoms. The Hall–Kier alpha value is -2.57. The number of carbonyl (C=O) groups excluding carboxylic acids is 2. The number of hydrogen-bond acceptors (Lipinski definition) is 5. The van der Waals surface area contributed by atoms with Crippen LogP contribution in [0.4, 0.5) is 0 Å². The third kappa shape index (κ3) is 2.81. The monoisotopic (exact) mass is 426 g/mol. The molecule has 2 aromatic carbocycles. The Morgan fingerprint density at radius 3 is 2.90 bits per heavy atom. The fraction of sp³-hybridized carbons (Fsp3) is 0.391. The Morgan fingerprint density at radius 1 is 1.30 bits per heavy atom. The normalized spacial score (nSPS) is 29.8. The fourth-order valence-corrected chi connectivity index (χ4v) is 5.45. The second-order valence-electron chi connectivity index (χ2n) is 8.35. The van der Waals surface area contributed by atoms with Gasteiger partial charge in [0.15, 0.2) is 11.5 Å². The third-order valence-electron chi connectivity index (χ3n) is 6.66. The van der Waals surface area contributed by atoms with Crippen molar-refractivity contribution < 1.29 is 19.1 Å². The van der Waals surface area contributed by atoms with Gasteiger partial charge in [0.25, 0.3) is 0 Å². The summed E-state index contributed by atoms with van der Waals surface area (Å²) in [7, 11) is 3.58. The Kier molecular flexibility index (Phi) is 4.52. The minimum absolute atomic E-state index is 0.0661. The highest BCUT2D eigenvalue weighted by Gasteiger charge is 2.61. The van der Waals surface area contributed by atoms with Crippen molar-refractivity contribution in [2.45, 2.75) is 18.1 Å². The SMILES string of the molecule is COc1ccccc1C(=O)[C@@H]1C(=O)N[C@@]23CCN(C)C[C@H]2[C@H]1c1cc(Cl)ccc1O3. The van der Waals surface area contributed by atoms with E-state index in [4.69, 9.17) is 21.1 Å². The molecule has 2 saturated heterocycles. The molecular weight excluding hydrogens is 404 g/mol. The number of piperidine rings is 2. The highest BCUT2D eigenvalue weighted by atomic mass is 35.5. The van der Waals surface area contributed by atoms with E-state index in [1.165, 1.54) is 7.11 Å². The Balaban J connectivity index is 1.67. The number of hydrogen-bond donors (Lipinski definition) is 1. The van der Waals surface area contributed by atoms with Gasteiger partial charge in [-0.25, -0.2) is 0 Å². The second kappa shape index (κ2) is 7.00. The molecule has 3 aliphatic heterocycles. The first-order valence-electron chi connectivity index (χ1n) is 10.1. The van der Waals surface area contributed by atoms with E-state index in [1.807, 2.05) is 12.1 Å². The van der Waals surface area contributed by atoms with E-state index in [-0.39, 0.29) is 23.5 Å². The van der Waals surface area contributed by atoms with Gasteiger partial charge in [0, 0.05) is 41.9 Å². The van der Waals surface area contributed by atoms with E-state index < -0.39 is 11.6 Å². The fourth-order valence-electron chi connectivity index (χ4n) is 5.27. The number of carbonyl (C=O) groups is 2. The molecule has 156 valence electrons. The highest BCUT2D eigenvalue weighted by molar-refractivity contribution is 6.30. The van der Waals surface area contributed by atoms with Crippen LogP contribution in [0.5, 0.6) is 11.5 Å². The number of halogens is 1. The van der Waals surface area contributed by atoms with Crippen molar-refractivity contribution in [3.63, 3.8) is 0 Å². The van der Waals surface area contributed by atoms with Gasteiger partial charge in [0.05, 0.1) is 12.7 Å². The van der Waals surface area contributed by atoms with Crippen LogP contribution >= 0.6 is 11.6 Å². The maximum Gasteiger partial charge on any atom is 0.234 e.